The van der Waals surface area contributed by atoms with Crippen molar-refractivity contribution in [3.05, 3.63) is 50.5 Å². The number of nitro groups is 1. The molecule has 2 rings (SSSR count). The van der Waals surface area contributed by atoms with Gasteiger partial charge in [0.25, 0.3) is 0 Å². The molecule has 10 heteroatoms. The SMILES string of the molecule is COC(=O)C1=C(C(OC)OC)NC(C)=C(C#N)C1c1ccc([N+](=O)[O-])o1. The van der Waals surface area contributed by atoms with Crippen molar-refractivity contribution in [1.82, 2.24) is 5.32 Å². The van der Waals surface area contributed by atoms with E-state index in [9.17, 15) is 20.2 Å². The van der Waals surface area contributed by atoms with Crippen LogP contribution in [0.15, 0.2) is 39.1 Å². The minimum Gasteiger partial charge on any atom is -0.466 e. The zero-order chi connectivity index (χ0) is 19.4. The zero-order valence-electron chi connectivity index (χ0n) is 14.6. The Kier molecular flexibility index (Phi) is 5.76. The number of ether oxygens (including phenoxy) is 3. The molecule has 138 valence electrons. The van der Waals surface area contributed by atoms with Gasteiger partial charge >= 0.3 is 11.9 Å². The van der Waals surface area contributed by atoms with Gasteiger partial charge in [0, 0.05) is 19.9 Å². The fourth-order valence-corrected chi connectivity index (χ4v) is 2.74. The highest BCUT2D eigenvalue weighted by Crippen LogP contribution is 2.40. The van der Waals surface area contributed by atoms with Gasteiger partial charge in [-0.05, 0) is 13.0 Å². The number of rotatable bonds is 6. The number of hydrogen-bond donors (Lipinski definition) is 1. The lowest BCUT2D eigenvalue weighted by atomic mass is 9.84. The van der Waals surface area contributed by atoms with Crippen molar-refractivity contribution in [3.8, 4) is 6.07 Å². The lowest BCUT2D eigenvalue weighted by molar-refractivity contribution is -0.402. The summed E-state index contributed by atoms with van der Waals surface area (Å²) >= 11 is 0. The van der Waals surface area contributed by atoms with Gasteiger partial charge in [-0.2, -0.15) is 5.26 Å². The number of esters is 1. The first kappa shape index (κ1) is 19.2. The van der Waals surface area contributed by atoms with Crippen molar-refractivity contribution >= 4 is 11.9 Å². The third-order valence-electron chi connectivity index (χ3n) is 3.86. The van der Waals surface area contributed by atoms with Crippen LogP contribution in [-0.4, -0.2) is 38.5 Å². The van der Waals surface area contributed by atoms with Crippen LogP contribution in [0, 0.1) is 21.4 Å². The van der Waals surface area contributed by atoms with E-state index in [1.165, 1.54) is 27.4 Å². The summed E-state index contributed by atoms with van der Waals surface area (Å²) in [6.07, 6.45) is -0.952. The first-order valence-corrected chi connectivity index (χ1v) is 7.39. The number of nitriles is 1. The number of nitrogens with one attached hydrogen (secondary N) is 1. The molecule has 0 bridgehead atoms. The van der Waals surface area contributed by atoms with E-state index in [2.05, 4.69) is 5.32 Å². The minimum absolute atomic E-state index is 0.00704. The highest BCUT2D eigenvalue weighted by atomic mass is 16.7. The van der Waals surface area contributed by atoms with Crippen LogP contribution in [0.1, 0.15) is 18.6 Å². The molecule has 1 unspecified atom stereocenters. The molecule has 0 aromatic carbocycles. The molecule has 1 aromatic heterocycles. The smallest absolute Gasteiger partial charge is 0.433 e. The van der Waals surface area contributed by atoms with E-state index in [4.69, 9.17) is 18.6 Å². The predicted molar refractivity (Wildman–Crippen MR) is 86.4 cm³/mol. The maximum absolute atomic E-state index is 12.5. The average Bonchev–Trinajstić information content (AvgIpc) is 3.11. The summed E-state index contributed by atoms with van der Waals surface area (Å²) in [5.74, 6) is -2.21. The van der Waals surface area contributed by atoms with E-state index >= 15 is 0 Å². The zero-order valence-corrected chi connectivity index (χ0v) is 14.6. The summed E-state index contributed by atoms with van der Waals surface area (Å²) in [5, 5.41) is 23.4. The highest BCUT2D eigenvalue weighted by molar-refractivity contribution is 5.93. The van der Waals surface area contributed by atoms with Gasteiger partial charge in [0.15, 0.2) is 6.29 Å². The van der Waals surface area contributed by atoms with Crippen LogP contribution in [-0.2, 0) is 19.0 Å². The van der Waals surface area contributed by atoms with Crippen LogP contribution in [0.25, 0.3) is 0 Å². The summed E-state index contributed by atoms with van der Waals surface area (Å²) in [6.45, 7) is 1.62. The molecule has 1 aliphatic heterocycles. The second-order valence-corrected chi connectivity index (χ2v) is 5.26. The number of carbonyl (C=O) groups excluding carboxylic acids is 1. The molecular formula is C16H17N3O7. The monoisotopic (exact) mass is 363 g/mol. The number of furan rings is 1. The molecule has 1 aromatic rings. The molecule has 0 saturated heterocycles. The van der Waals surface area contributed by atoms with E-state index < -0.39 is 29.0 Å². The van der Waals surface area contributed by atoms with Gasteiger partial charge in [-0.25, -0.2) is 4.79 Å². The first-order valence-electron chi connectivity index (χ1n) is 7.39. The van der Waals surface area contributed by atoms with E-state index in [1.807, 2.05) is 6.07 Å². The van der Waals surface area contributed by atoms with Crippen molar-refractivity contribution < 1.29 is 28.3 Å². The Hall–Kier alpha value is -3.16. The quantitative estimate of drug-likeness (QED) is 0.346. The summed E-state index contributed by atoms with van der Waals surface area (Å²) in [7, 11) is 3.94. The largest absolute Gasteiger partial charge is 0.466 e. The van der Waals surface area contributed by atoms with Crippen molar-refractivity contribution in [2.45, 2.75) is 19.1 Å². The van der Waals surface area contributed by atoms with Gasteiger partial charge < -0.3 is 23.9 Å². The second-order valence-electron chi connectivity index (χ2n) is 5.26. The van der Waals surface area contributed by atoms with Crippen molar-refractivity contribution in [2.24, 2.45) is 0 Å². The van der Waals surface area contributed by atoms with Gasteiger partial charge in [0.05, 0.1) is 42.0 Å². The Morgan fingerprint density at radius 3 is 2.50 bits per heavy atom. The van der Waals surface area contributed by atoms with E-state index in [1.54, 1.807) is 6.92 Å². The van der Waals surface area contributed by atoms with Crippen LogP contribution in [0.4, 0.5) is 5.88 Å². The van der Waals surface area contributed by atoms with Crippen LogP contribution < -0.4 is 5.32 Å². The molecule has 0 amide bonds. The summed E-state index contributed by atoms with van der Waals surface area (Å²) < 4.78 is 20.5. The minimum atomic E-state index is -1.01. The van der Waals surface area contributed by atoms with Gasteiger partial charge in [-0.1, -0.05) is 0 Å². The van der Waals surface area contributed by atoms with Crippen LogP contribution in [0.3, 0.4) is 0 Å². The summed E-state index contributed by atoms with van der Waals surface area (Å²) in [6, 6.07) is 4.50. The maximum Gasteiger partial charge on any atom is 0.433 e. The van der Waals surface area contributed by atoms with Crippen LogP contribution in [0.5, 0.6) is 0 Å². The topological polar surface area (TPSA) is 137 Å². The van der Waals surface area contributed by atoms with Crippen molar-refractivity contribution in [1.29, 1.82) is 5.26 Å². The third kappa shape index (κ3) is 3.30. The van der Waals surface area contributed by atoms with Crippen LogP contribution >= 0.6 is 0 Å². The lowest BCUT2D eigenvalue weighted by Crippen LogP contribution is -2.36. The van der Waals surface area contributed by atoms with Gasteiger partial charge in [-0.15, -0.1) is 0 Å². The molecule has 10 nitrogen and oxygen atoms in total. The van der Waals surface area contributed by atoms with Gasteiger partial charge in [0.2, 0.25) is 0 Å². The molecule has 0 radical (unpaired) electrons. The Labute approximate surface area is 148 Å². The van der Waals surface area contributed by atoms with Crippen molar-refractivity contribution in [2.75, 3.05) is 21.3 Å². The van der Waals surface area contributed by atoms with Crippen molar-refractivity contribution in [3.63, 3.8) is 0 Å². The number of carbonyl (C=O) groups is 1. The predicted octanol–water partition coefficient (Wildman–Crippen LogP) is 1.72. The molecule has 0 saturated carbocycles. The van der Waals surface area contributed by atoms with E-state index in [0.29, 0.717) is 5.70 Å². The standard InChI is InChI=1S/C16H17N3O7/c1-8-9(7-17)12(10-5-6-11(26-10)19(21)22)13(15(20)23-2)14(18-8)16(24-3)25-4/h5-6,12,16,18H,1-4H3. The third-order valence-corrected chi connectivity index (χ3v) is 3.86. The molecule has 2 heterocycles. The Morgan fingerprint density at radius 1 is 1.38 bits per heavy atom. The molecule has 0 fully saturated rings. The van der Waals surface area contributed by atoms with E-state index in [-0.39, 0.29) is 22.6 Å². The van der Waals surface area contributed by atoms with Crippen LogP contribution in [0.2, 0.25) is 0 Å². The maximum atomic E-state index is 12.5. The van der Waals surface area contributed by atoms with E-state index in [0.717, 1.165) is 6.07 Å². The molecular weight excluding hydrogens is 346 g/mol. The number of nitrogens with zero attached hydrogens (tertiary/aromatic N) is 2. The molecule has 1 N–H and O–H groups in total. The Morgan fingerprint density at radius 2 is 2.04 bits per heavy atom. The van der Waals surface area contributed by atoms with Gasteiger partial charge in [0.1, 0.15) is 10.7 Å². The molecule has 0 aliphatic carbocycles. The number of methoxy groups -OCH3 is 3. The fraction of sp³-hybridized carbons (Fsp3) is 0.375. The second kappa shape index (κ2) is 7.81. The highest BCUT2D eigenvalue weighted by Gasteiger charge is 2.40. The molecule has 26 heavy (non-hydrogen) atoms. The normalized spacial score (nSPS) is 17.2. The lowest BCUT2D eigenvalue weighted by Gasteiger charge is -2.30. The Bertz CT molecular complexity index is 827. The fourth-order valence-electron chi connectivity index (χ4n) is 2.74. The average molecular weight is 363 g/mol. The number of allylic oxidation sites excluding steroid dienone is 2. The molecule has 1 atom stereocenters. The summed E-state index contributed by atoms with van der Waals surface area (Å²) in [4.78, 5) is 22.7. The molecule has 1 aliphatic rings. The first-order chi connectivity index (χ1) is 12.4. The Balaban J connectivity index is 2.73. The number of hydrogen-bond acceptors (Lipinski definition) is 9. The molecule has 0 spiro atoms. The number of dihydropyridines is 1. The summed E-state index contributed by atoms with van der Waals surface area (Å²) in [5.41, 5.74) is 0.817. The van der Waals surface area contributed by atoms with Gasteiger partial charge in [-0.3, -0.25) is 10.1 Å².